The number of fused-ring (bicyclic) bond motifs is 1. The third-order valence-corrected chi connectivity index (χ3v) is 4.10. The molecule has 0 spiro atoms. The number of nitrogens with zero attached hydrogens (tertiary/aromatic N) is 3. The number of hydrogen-bond acceptors (Lipinski definition) is 6. The number of nitrogen functional groups attached to an aromatic ring is 1. The third-order valence-electron chi connectivity index (χ3n) is 4.10. The minimum Gasteiger partial charge on any atom is -0.397 e. The molecule has 0 saturated carbocycles. The van der Waals surface area contributed by atoms with Crippen molar-refractivity contribution in [2.75, 3.05) is 12.3 Å². The van der Waals surface area contributed by atoms with Crippen molar-refractivity contribution in [3.05, 3.63) is 18.6 Å². The molecule has 0 aromatic carbocycles. The zero-order valence-electron chi connectivity index (χ0n) is 11.5. The van der Waals surface area contributed by atoms with Gasteiger partial charge in [0.2, 0.25) is 0 Å². The smallest absolute Gasteiger partial charge is 0.174 e. The van der Waals surface area contributed by atoms with E-state index in [0.717, 1.165) is 0 Å². The molecule has 1 fully saturated rings. The lowest BCUT2D eigenvalue weighted by atomic mass is 9.94. The van der Waals surface area contributed by atoms with Crippen molar-refractivity contribution in [2.45, 2.75) is 37.4 Å². The second-order valence-corrected chi connectivity index (χ2v) is 5.20. The Morgan fingerprint density at radius 3 is 2.90 bits per heavy atom. The highest BCUT2D eigenvalue weighted by Crippen LogP contribution is 2.41. The summed E-state index contributed by atoms with van der Waals surface area (Å²) in [7, 11) is 0. The van der Waals surface area contributed by atoms with Gasteiger partial charge in [0.15, 0.2) is 18.0 Å². The lowest BCUT2D eigenvalue weighted by Crippen LogP contribution is -2.44. The maximum absolute atomic E-state index is 14.4. The molecule has 7 nitrogen and oxygen atoms in total. The second-order valence-electron chi connectivity index (χ2n) is 5.20. The van der Waals surface area contributed by atoms with E-state index in [-0.39, 0.29) is 6.42 Å². The Labute approximate surface area is 120 Å². The third kappa shape index (κ3) is 1.90. The van der Waals surface area contributed by atoms with Crippen LogP contribution in [0, 0.1) is 0 Å². The Kier molecular flexibility index (Phi) is 3.31. The monoisotopic (exact) mass is 296 g/mol. The van der Waals surface area contributed by atoms with E-state index in [0.29, 0.717) is 16.9 Å². The van der Waals surface area contributed by atoms with Gasteiger partial charge in [-0.05, 0) is 12.5 Å². The van der Waals surface area contributed by atoms with Gasteiger partial charge >= 0.3 is 0 Å². The first kappa shape index (κ1) is 14.2. The number of rotatable bonds is 3. The molecule has 0 unspecified atom stereocenters. The molecule has 4 N–H and O–H groups in total. The van der Waals surface area contributed by atoms with E-state index in [1.807, 2.05) is 0 Å². The quantitative estimate of drug-likeness (QED) is 0.756. The van der Waals surface area contributed by atoms with E-state index in [1.54, 1.807) is 13.0 Å². The van der Waals surface area contributed by atoms with Crippen LogP contribution in [0.2, 0.25) is 0 Å². The van der Waals surface area contributed by atoms with E-state index in [4.69, 9.17) is 10.5 Å². The van der Waals surface area contributed by atoms with Crippen LogP contribution in [0.15, 0.2) is 18.6 Å². The highest BCUT2D eigenvalue weighted by molar-refractivity contribution is 5.83. The predicted octanol–water partition coefficient (Wildman–Crippen LogP) is 0.382. The zero-order valence-corrected chi connectivity index (χ0v) is 11.5. The van der Waals surface area contributed by atoms with Crippen molar-refractivity contribution >= 4 is 16.9 Å². The number of halogens is 1. The standard InChI is InChI=1S/C13H17FN4O3/c1-2-13(5-19)10(20)8(14)12(21-13)18-6-17-9-7(15)3-4-16-11(9)18/h3-4,6,8,10,12,19-20H,2,5H2,1H3,(H2,15,16)/t8-,10+,12-,13-/m1/s1. The van der Waals surface area contributed by atoms with Crippen LogP contribution in [-0.4, -0.2) is 49.2 Å². The molecular weight excluding hydrogens is 279 g/mol. The lowest BCUT2D eigenvalue weighted by Gasteiger charge is -2.28. The van der Waals surface area contributed by atoms with Gasteiger partial charge in [-0.15, -0.1) is 0 Å². The highest BCUT2D eigenvalue weighted by atomic mass is 19.1. The van der Waals surface area contributed by atoms with E-state index < -0.39 is 30.7 Å². The number of aliphatic hydroxyl groups excluding tert-OH is 2. The van der Waals surface area contributed by atoms with Crippen LogP contribution in [-0.2, 0) is 4.74 Å². The summed E-state index contributed by atoms with van der Waals surface area (Å²) in [5, 5.41) is 19.5. The number of nitrogens with two attached hydrogens (primary N) is 1. The van der Waals surface area contributed by atoms with Crippen LogP contribution < -0.4 is 5.73 Å². The Morgan fingerprint density at radius 2 is 2.29 bits per heavy atom. The number of aliphatic hydroxyl groups is 2. The normalized spacial score (nSPS) is 32.9. The molecule has 0 aliphatic carbocycles. The molecule has 8 heteroatoms. The molecule has 2 aromatic heterocycles. The average Bonchev–Trinajstić information content (AvgIpc) is 3.02. The first-order valence-electron chi connectivity index (χ1n) is 6.72. The number of aromatic nitrogens is 3. The molecule has 3 rings (SSSR count). The maximum atomic E-state index is 14.4. The molecule has 21 heavy (non-hydrogen) atoms. The van der Waals surface area contributed by atoms with Crippen LogP contribution in [0.25, 0.3) is 11.2 Å². The molecule has 0 bridgehead atoms. The fourth-order valence-corrected chi connectivity index (χ4v) is 2.71. The van der Waals surface area contributed by atoms with E-state index >= 15 is 0 Å². The SMILES string of the molecule is CC[C@]1(CO)O[C@@H](n2cnc3c(N)ccnc32)[C@H](F)[C@@H]1O. The van der Waals surface area contributed by atoms with Crippen molar-refractivity contribution in [2.24, 2.45) is 0 Å². The Bertz CT molecular complexity index is 658. The number of alkyl halides is 1. The minimum absolute atomic E-state index is 0.282. The van der Waals surface area contributed by atoms with Crippen LogP contribution in [0.3, 0.4) is 0 Å². The Balaban J connectivity index is 2.06. The van der Waals surface area contributed by atoms with Crippen LogP contribution in [0.5, 0.6) is 0 Å². The van der Waals surface area contributed by atoms with Gasteiger partial charge in [-0.2, -0.15) is 0 Å². The predicted molar refractivity (Wildman–Crippen MR) is 73.1 cm³/mol. The molecule has 3 heterocycles. The largest absolute Gasteiger partial charge is 0.397 e. The molecule has 2 aromatic rings. The van der Waals surface area contributed by atoms with Crippen LogP contribution in [0.1, 0.15) is 19.6 Å². The molecule has 1 aliphatic rings. The van der Waals surface area contributed by atoms with E-state index in [9.17, 15) is 14.6 Å². The summed E-state index contributed by atoms with van der Waals surface area (Å²) in [4.78, 5) is 8.24. The Hall–Kier alpha value is -1.77. The topological polar surface area (TPSA) is 106 Å². The van der Waals surface area contributed by atoms with Crippen LogP contribution in [0.4, 0.5) is 10.1 Å². The molecule has 0 amide bonds. The summed E-state index contributed by atoms with van der Waals surface area (Å²) in [6, 6.07) is 1.60. The van der Waals surface area contributed by atoms with Gasteiger partial charge in [0.25, 0.3) is 0 Å². The second kappa shape index (κ2) is 4.90. The zero-order chi connectivity index (χ0) is 15.2. The van der Waals surface area contributed by atoms with Gasteiger partial charge in [-0.25, -0.2) is 14.4 Å². The highest BCUT2D eigenvalue weighted by Gasteiger charge is 2.54. The molecule has 0 radical (unpaired) electrons. The number of ether oxygens (including phenoxy) is 1. The van der Waals surface area contributed by atoms with Gasteiger partial charge in [-0.3, -0.25) is 4.57 Å². The summed E-state index contributed by atoms with van der Waals surface area (Å²) < 4.78 is 21.5. The molecule has 1 saturated heterocycles. The van der Waals surface area contributed by atoms with Crippen LogP contribution >= 0.6 is 0 Å². The first-order valence-corrected chi connectivity index (χ1v) is 6.72. The van der Waals surface area contributed by atoms with Crippen molar-refractivity contribution in [3.8, 4) is 0 Å². The Morgan fingerprint density at radius 1 is 1.52 bits per heavy atom. The van der Waals surface area contributed by atoms with Gasteiger partial charge in [-0.1, -0.05) is 6.92 Å². The molecular formula is C13H17FN4O3. The molecule has 4 atom stereocenters. The van der Waals surface area contributed by atoms with Crippen molar-refractivity contribution in [3.63, 3.8) is 0 Å². The van der Waals surface area contributed by atoms with E-state index in [2.05, 4.69) is 9.97 Å². The van der Waals surface area contributed by atoms with Crippen molar-refractivity contribution < 1.29 is 19.3 Å². The van der Waals surface area contributed by atoms with E-state index in [1.165, 1.54) is 17.1 Å². The summed E-state index contributed by atoms with van der Waals surface area (Å²) in [6.07, 6.45) is -1.07. The number of pyridine rings is 1. The lowest BCUT2D eigenvalue weighted by molar-refractivity contribution is -0.128. The number of anilines is 1. The fraction of sp³-hybridized carbons (Fsp3) is 0.538. The number of imidazole rings is 1. The van der Waals surface area contributed by atoms with Gasteiger partial charge < -0.3 is 20.7 Å². The first-order chi connectivity index (χ1) is 10.0. The fourth-order valence-electron chi connectivity index (χ4n) is 2.71. The average molecular weight is 296 g/mol. The van der Waals surface area contributed by atoms with Crippen molar-refractivity contribution in [1.82, 2.24) is 14.5 Å². The van der Waals surface area contributed by atoms with Crippen molar-refractivity contribution in [1.29, 1.82) is 0 Å². The van der Waals surface area contributed by atoms with Gasteiger partial charge in [0.1, 0.15) is 17.2 Å². The minimum atomic E-state index is -1.70. The maximum Gasteiger partial charge on any atom is 0.174 e. The summed E-state index contributed by atoms with van der Waals surface area (Å²) in [5.41, 5.74) is 5.72. The van der Waals surface area contributed by atoms with Gasteiger partial charge in [0.05, 0.1) is 18.6 Å². The summed E-state index contributed by atoms with van der Waals surface area (Å²) in [6.45, 7) is 1.25. The van der Waals surface area contributed by atoms with Gasteiger partial charge in [0, 0.05) is 6.20 Å². The summed E-state index contributed by atoms with van der Waals surface area (Å²) in [5.74, 6) is 0. The number of hydrogen-bond donors (Lipinski definition) is 3. The summed E-state index contributed by atoms with van der Waals surface area (Å²) >= 11 is 0. The molecule has 114 valence electrons. The molecule has 1 aliphatic heterocycles.